The summed E-state index contributed by atoms with van der Waals surface area (Å²) in [6.07, 6.45) is 1.88. The molecule has 2 rings (SSSR count). The molecule has 15 heavy (non-hydrogen) atoms. The van der Waals surface area contributed by atoms with Gasteiger partial charge in [0.05, 0.1) is 17.3 Å². The summed E-state index contributed by atoms with van der Waals surface area (Å²) in [5.74, 6) is 0. The van der Waals surface area contributed by atoms with Gasteiger partial charge in [-0.1, -0.05) is 0 Å². The fraction of sp³-hybridized carbons (Fsp3) is 0.429. The molecule has 8 heteroatoms. The van der Waals surface area contributed by atoms with Crippen LogP contribution >= 0.6 is 0 Å². The first kappa shape index (κ1) is 10.1. The predicted molar refractivity (Wildman–Crippen MR) is 49.6 cm³/mol. The maximum absolute atomic E-state index is 11.5. The molecule has 0 aromatic rings. The van der Waals surface area contributed by atoms with Crippen LogP contribution in [0.4, 0.5) is 0 Å². The van der Waals surface area contributed by atoms with Crippen molar-refractivity contribution in [1.29, 1.82) is 0 Å². The zero-order valence-corrected chi connectivity index (χ0v) is 8.36. The van der Waals surface area contributed by atoms with Gasteiger partial charge in [-0.2, -0.15) is 0 Å². The summed E-state index contributed by atoms with van der Waals surface area (Å²) in [5.41, 5.74) is -0.418. The minimum atomic E-state index is -3.77. The predicted octanol–water partition coefficient (Wildman–Crippen LogP) is -0.290. The maximum Gasteiger partial charge on any atom is 0.292 e. The zero-order valence-electron chi connectivity index (χ0n) is 7.54. The van der Waals surface area contributed by atoms with Crippen LogP contribution in [0, 0.1) is 10.1 Å². The monoisotopic (exact) mass is 232 g/mol. The van der Waals surface area contributed by atoms with Crippen molar-refractivity contribution >= 4 is 10.0 Å². The minimum Gasteiger partial charge on any atom is -0.492 e. The lowest BCUT2D eigenvalue weighted by molar-refractivity contribution is -0.420. The van der Waals surface area contributed by atoms with Gasteiger partial charge in [0.15, 0.2) is 4.91 Å². The average molecular weight is 232 g/mol. The summed E-state index contributed by atoms with van der Waals surface area (Å²) in [4.78, 5) is 9.65. The zero-order chi connectivity index (χ0) is 11.1. The van der Waals surface area contributed by atoms with E-state index in [1.165, 1.54) is 0 Å². The molecule has 2 aliphatic rings. The lowest BCUT2D eigenvalue weighted by Gasteiger charge is -2.26. The molecule has 2 aliphatic heterocycles. The van der Waals surface area contributed by atoms with Gasteiger partial charge in [-0.05, 0) is 0 Å². The molecule has 82 valence electrons. The molecule has 0 aromatic carbocycles. The van der Waals surface area contributed by atoms with Crippen molar-refractivity contribution in [1.82, 2.24) is 4.72 Å². The van der Waals surface area contributed by atoms with Crippen molar-refractivity contribution in [2.45, 2.75) is 12.5 Å². The van der Waals surface area contributed by atoms with Gasteiger partial charge in [-0.25, -0.2) is 13.1 Å². The van der Waals surface area contributed by atoms with Crippen LogP contribution in [0.15, 0.2) is 22.9 Å². The summed E-state index contributed by atoms with van der Waals surface area (Å²) in [5, 5.41) is 10.6. The van der Waals surface area contributed by atoms with Gasteiger partial charge < -0.3 is 4.74 Å². The van der Waals surface area contributed by atoms with Gasteiger partial charge in [0, 0.05) is 13.0 Å². The molecule has 0 aromatic heterocycles. The number of allylic oxidation sites excluding steroid dienone is 1. The minimum absolute atomic E-state index is 0.231. The Balaban J connectivity index is 2.60. The Morgan fingerprint density at radius 2 is 2.33 bits per heavy atom. The number of rotatable bonds is 1. The number of nitro groups is 1. The SMILES string of the molecule is O=[N+]([O-])C1=C2C(CCNS2(=O)=O)OC=C1. The van der Waals surface area contributed by atoms with Crippen LogP contribution in [0.3, 0.4) is 0 Å². The molecule has 2 heterocycles. The van der Waals surface area contributed by atoms with E-state index < -0.39 is 26.7 Å². The van der Waals surface area contributed by atoms with Crippen LogP contribution < -0.4 is 4.72 Å². The second-order valence-corrected chi connectivity index (χ2v) is 4.86. The van der Waals surface area contributed by atoms with E-state index in [1.54, 1.807) is 0 Å². The maximum atomic E-state index is 11.5. The van der Waals surface area contributed by atoms with Crippen molar-refractivity contribution in [2.24, 2.45) is 0 Å². The summed E-state index contributed by atoms with van der Waals surface area (Å²) >= 11 is 0. The Kier molecular flexibility index (Phi) is 2.24. The molecule has 0 bridgehead atoms. The van der Waals surface area contributed by atoms with E-state index in [-0.39, 0.29) is 11.4 Å². The van der Waals surface area contributed by atoms with Gasteiger partial charge in [0.2, 0.25) is 10.0 Å². The van der Waals surface area contributed by atoms with E-state index >= 15 is 0 Å². The number of sulfonamides is 1. The fourth-order valence-corrected chi connectivity index (χ4v) is 3.05. The van der Waals surface area contributed by atoms with Crippen LogP contribution in [-0.2, 0) is 14.8 Å². The quantitative estimate of drug-likeness (QED) is 0.494. The lowest BCUT2D eigenvalue weighted by Crippen LogP contribution is -2.41. The highest BCUT2D eigenvalue weighted by molar-refractivity contribution is 7.93. The van der Waals surface area contributed by atoms with E-state index in [4.69, 9.17) is 4.74 Å². The molecule has 0 spiro atoms. The normalized spacial score (nSPS) is 28.1. The highest BCUT2D eigenvalue weighted by atomic mass is 32.2. The molecular weight excluding hydrogens is 224 g/mol. The number of nitrogens with one attached hydrogen (secondary N) is 1. The first-order valence-corrected chi connectivity index (χ1v) is 5.71. The fourth-order valence-electron chi connectivity index (χ4n) is 1.57. The summed E-state index contributed by atoms with van der Waals surface area (Å²) in [7, 11) is -3.77. The Hall–Kier alpha value is -1.41. The Bertz CT molecular complexity index is 464. The van der Waals surface area contributed by atoms with Gasteiger partial charge in [0.1, 0.15) is 6.10 Å². The summed E-state index contributed by atoms with van der Waals surface area (Å²) in [6, 6.07) is 0. The van der Waals surface area contributed by atoms with Gasteiger partial charge in [-0.15, -0.1) is 0 Å². The Morgan fingerprint density at radius 3 is 3.00 bits per heavy atom. The van der Waals surface area contributed by atoms with E-state index in [1.807, 2.05) is 0 Å². The van der Waals surface area contributed by atoms with Crippen molar-refractivity contribution in [2.75, 3.05) is 6.54 Å². The molecule has 0 saturated carbocycles. The lowest BCUT2D eigenvalue weighted by atomic mass is 10.2. The molecular formula is C7H8N2O5S. The Labute approximate surface area is 85.6 Å². The van der Waals surface area contributed by atoms with E-state index in [2.05, 4.69) is 4.72 Å². The van der Waals surface area contributed by atoms with Crippen LogP contribution in [0.2, 0.25) is 0 Å². The molecule has 1 saturated heterocycles. The third-order valence-electron chi connectivity index (χ3n) is 2.20. The third kappa shape index (κ3) is 1.61. The highest BCUT2D eigenvalue weighted by Gasteiger charge is 2.40. The van der Waals surface area contributed by atoms with Gasteiger partial charge in [-0.3, -0.25) is 10.1 Å². The molecule has 1 unspecified atom stereocenters. The standard InChI is InChI=1S/C7H8N2O5S/c10-9(11)5-2-4-14-6-1-3-8-15(12,13)7(5)6/h2,4,6,8H,1,3H2. The second kappa shape index (κ2) is 3.31. The van der Waals surface area contributed by atoms with E-state index in [9.17, 15) is 18.5 Å². The number of nitrogens with zero attached hydrogens (tertiary/aromatic N) is 1. The molecule has 0 radical (unpaired) electrons. The van der Waals surface area contributed by atoms with Crippen molar-refractivity contribution < 1.29 is 18.1 Å². The molecule has 1 N–H and O–H groups in total. The Morgan fingerprint density at radius 1 is 1.60 bits per heavy atom. The van der Waals surface area contributed by atoms with Crippen molar-refractivity contribution in [3.05, 3.63) is 33.1 Å². The van der Waals surface area contributed by atoms with E-state index in [0.29, 0.717) is 6.42 Å². The number of fused-ring (bicyclic) bond motifs is 1. The van der Waals surface area contributed by atoms with Crippen molar-refractivity contribution in [3.8, 4) is 0 Å². The molecule has 7 nitrogen and oxygen atoms in total. The van der Waals surface area contributed by atoms with E-state index in [0.717, 1.165) is 12.3 Å². The highest BCUT2D eigenvalue weighted by Crippen LogP contribution is 2.28. The molecule has 0 amide bonds. The van der Waals surface area contributed by atoms with Crippen LogP contribution in [0.25, 0.3) is 0 Å². The summed E-state index contributed by atoms with van der Waals surface area (Å²) in [6.45, 7) is 0.231. The average Bonchev–Trinajstić information content (AvgIpc) is 2.16. The van der Waals surface area contributed by atoms with Crippen LogP contribution in [0.5, 0.6) is 0 Å². The number of hydrogen-bond donors (Lipinski definition) is 1. The molecule has 1 atom stereocenters. The first-order chi connectivity index (χ1) is 7.02. The topological polar surface area (TPSA) is 98.5 Å². The third-order valence-corrected chi connectivity index (χ3v) is 3.83. The van der Waals surface area contributed by atoms with Gasteiger partial charge in [0.25, 0.3) is 5.70 Å². The second-order valence-electron chi connectivity index (χ2n) is 3.12. The number of ether oxygens (including phenoxy) is 1. The number of hydrogen-bond acceptors (Lipinski definition) is 5. The van der Waals surface area contributed by atoms with Crippen molar-refractivity contribution in [3.63, 3.8) is 0 Å². The first-order valence-electron chi connectivity index (χ1n) is 4.22. The summed E-state index contributed by atoms with van der Waals surface area (Å²) < 4.78 is 30.4. The van der Waals surface area contributed by atoms with Crippen LogP contribution in [-0.4, -0.2) is 26.0 Å². The largest absolute Gasteiger partial charge is 0.492 e. The molecule has 0 aliphatic carbocycles. The van der Waals surface area contributed by atoms with Gasteiger partial charge >= 0.3 is 0 Å². The smallest absolute Gasteiger partial charge is 0.292 e. The van der Waals surface area contributed by atoms with Crippen LogP contribution in [0.1, 0.15) is 6.42 Å². The molecule has 1 fully saturated rings.